The van der Waals surface area contributed by atoms with Gasteiger partial charge in [0, 0.05) is 116 Å². The average Bonchev–Trinajstić information content (AvgIpc) is 2.41. The third kappa shape index (κ3) is 6.20. The van der Waals surface area contributed by atoms with Crippen LogP contribution in [0.15, 0.2) is 34.1 Å². The smallest absolute Gasteiger partial charge is 0.0262 e. The van der Waals surface area contributed by atoms with E-state index in [4.69, 9.17) is 0 Å². The molecule has 0 aromatic heterocycles. The standard InChI is InChI=1S/C6H4S.Gd.Nb.Ta.W/c1-2-4-6-5(3-1)7-6;;;;/h1-4H;;;;. The van der Waals surface area contributed by atoms with Crippen LogP contribution in [-0.4, -0.2) is 0 Å². The Bertz CT molecular complexity index is 191. The van der Waals surface area contributed by atoms with Crippen molar-refractivity contribution in [2.45, 2.75) is 9.79 Å². The van der Waals surface area contributed by atoms with Gasteiger partial charge in [-0.3, -0.25) is 0 Å². The van der Waals surface area contributed by atoms with Crippen molar-refractivity contribution in [3.8, 4) is 0 Å². The molecule has 0 atom stereocenters. The molecular weight excluding hydrogens is 719 g/mol. The minimum absolute atomic E-state index is 0. The molecule has 5 heteroatoms. The molecule has 0 nitrogen and oxygen atoms in total. The van der Waals surface area contributed by atoms with Gasteiger partial charge < -0.3 is 0 Å². The number of benzene rings is 1. The summed E-state index contributed by atoms with van der Waals surface area (Å²) in [5.74, 6) is 0. The molecule has 0 amide bonds. The van der Waals surface area contributed by atoms with E-state index in [1.54, 1.807) is 0 Å². The Morgan fingerprint density at radius 2 is 1.36 bits per heavy atom. The fourth-order valence-electron chi connectivity index (χ4n) is 0.611. The van der Waals surface area contributed by atoms with Crippen molar-refractivity contribution in [1.29, 1.82) is 0 Å². The first-order valence-corrected chi connectivity index (χ1v) is 3.05. The Morgan fingerprint density at radius 1 is 1.00 bits per heavy atom. The van der Waals surface area contributed by atoms with Crippen LogP contribution in [0.3, 0.4) is 0 Å². The summed E-state index contributed by atoms with van der Waals surface area (Å²) in [6.45, 7) is 0. The first-order chi connectivity index (χ1) is 3.47. The molecule has 1 heterocycles. The van der Waals surface area contributed by atoms with Gasteiger partial charge in [0.2, 0.25) is 0 Å². The molecule has 1 aliphatic rings. The fraction of sp³-hybridized carbons (Fsp3) is 0. The molecular formula is C6H4GdNbSTaW. The maximum atomic E-state index is 2.14. The number of hydrogen-bond acceptors (Lipinski definition) is 1. The third-order valence-corrected chi connectivity index (χ3v) is 1.98. The Labute approximate surface area is 148 Å². The molecule has 2 rings (SSSR count). The van der Waals surface area contributed by atoms with Crippen molar-refractivity contribution in [3.63, 3.8) is 0 Å². The van der Waals surface area contributed by atoms with Crippen molar-refractivity contribution in [2.75, 3.05) is 0 Å². The summed E-state index contributed by atoms with van der Waals surface area (Å²) < 4.78 is 0. The van der Waals surface area contributed by atoms with Crippen LogP contribution >= 0.6 is 11.8 Å². The Morgan fingerprint density at radius 3 is 1.64 bits per heavy atom. The SMILES string of the molecule is [Gd].[Nb].[Ta].[W].c1ccc2c(c1)S2. The molecule has 11 heavy (non-hydrogen) atoms. The first kappa shape index (κ1) is 19.6. The van der Waals surface area contributed by atoms with Crippen LogP contribution in [0, 0.1) is 39.9 Å². The molecule has 0 bridgehead atoms. The van der Waals surface area contributed by atoms with Gasteiger partial charge in [0.15, 0.2) is 0 Å². The second-order valence-electron chi connectivity index (χ2n) is 1.55. The van der Waals surface area contributed by atoms with Gasteiger partial charge in [-0.15, -0.1) is 0 Å². The van der Waals surface area contributed by atoms with Crippen LogP contribution in [0.4, 0.5) is 0 Å². The van der Waals surface area contributed by atoms with Gasteiger partial charge >= 0.3 is 0 Å². The fourth-order valence-corrected chi connectivity index (χ4v) is 1.23. The van der Waals surface area contributed by atoms with E-state index in [2.05, 4.69) is 24.3 Å². The minimum atomic E-state index is 0. The summed E-state index contributed by atoms with van der Waals surface area (Å²) in [7, 11) is 0. The van der Waals surface area contributed by atoms with Gasteiger partial charge in [-0.1, -0.05) is 23.9 Å². The minimum Gasteiger partial charge on any atom is -0.0877 e. The molecule has 0 spiro atoms. The van der Waals surface area contributed by atoms with E-state index in [-0.39, 0.29) is 106 Å². The molecule has 0 unspecified atom stereocenters. The van der Waals surface area contributed by atoms with Crippen molar-refractivity contribution in [3.05, 3.63) is 24.3 Å². The molecule has 2 radical (unpaired) electrons. The van der Waals surface area contributed by atoms with Crippen molar-refractivity contribution in [2.24, 2.45) is 0 Å². The molecule has 1 aromatic rings. The second-order valence-corrected chi connectivity index (χ2v) is 2.63. The van der Waals surface area contributed by atoms with Crippen LogP contribution in [0.25, 0.3) is 0 Å². The predicted octanol–water partition coefficient (Wildman–Crippen LogP) is 2.14. The van der Waals surface area contributed by atoms with Crippen molar-refractivity contribution in [1.82, 2.24) is 0 Å². The third-order valence-electron chi connectivity index (χ3n) is 1.03. The molecule has 0 saturated carbocycles. The van der Waals surface area contributed by atoms with E-state index in [0.29, 0.717) is 0 Å². The molecule has 0 fully saturated rings. The largest absolute Gasteiger partial charge is 0.0877 e. The van der Waals surface area contributed by atoms with Crippen LogP contribution in [0.1, 0.15) is 0 Å². The zero-order valence-corrected chi connectivity index (χ0v) is 16.8. The summed E-state index contributed by atoms with van der Waals surface area (Å²) in [5, 5.41) is 0. The monoisotopic (exact) mass is 724 g/mol. The topological polar surface area (TPSA) is 0 Å². The molecule has 58 valence electrons. The van der Waals surface area contributed by atoms with Gasteiger partial charge in [-0.2, -0.15) is 0 Å². The zero-order chi connectivity index (χ0) is 4.69. The quantitative estimate of drug-likeness (QED) is 0.297. The van der Waals surface area contributed by atoms with E-state index in [1.165, 1.54) is 9.79 Å². The summed E-state index contributed by atoms with van der Waals surface area (Å²) in [6, 6.07) is 8.41. The number of hydrogen-bond donors (Lipinski definition) is 0. The van der Waals surface area contributed by atoms with E-state index >= 15 is 0 Å². The summed E-state index contributed by atoms with van der Waals surface area (Å²) >= 11 is 1.86. The first-order valence-electron chi connectivity index (χ1n) is 2.24. The van der Waals surface area contributed by atoms with E-state index in [9.17, 15) is 0 Å². The summed E-state index contributed by atoms with van der Waals surface area (Å²) in [6.07, 6.45) is 0. The Hall–Kier alpha value is 3.06. The number of fused-ring (bicyclic) bond motifs is 1. The van der Waals surface area contributed by atoms with Gasteiger partial charge in [0.05, 0.1) is 0 Å². The number of rotatable bonds is 0. The summed E-state index contributed by atoms with van der Waals surface area (Å²) in [5.41, 5.74) is 0. The molecule has 0 saturated heterocycles. The Kier molecular flexibility index (Phi) is 17.1. The van der Waals surface area contributed by atoms with Crippen LogP contribution < -0.4 is 0 Å². The van der Waals surface area contributed by atoms with Gasteiger partial charge in [0.25, 0.3) is 0 Å². The normalized spacial score (nSPS) is 8.36. The molecule has 0 aliphatic carbocycles. The van der Waals surface area contributed by atoms with Gasteiger partial charge in [-0.25, -0.2) is 0 Å². The molecule has 1 aromatic carbocycles. The molecule has 1 aliphatic heterocycles. The average molecular weight is 723 g/mol. The van der Waals surface area contributed by atoms with E-state index < -0.39 is 0 Å². The van der Waals surface area contributed by atoms with Gasteiger partial charge in [0.1, 0.15) is 0 Å². The maximum absolute atomic E-state index is 2.14. The second kappa shape index (κ2) is 9.61. The van der Waals surface area contributed by atoms with Crippen molar-refractivity contribution < 1.29 is 106 Å². The predicted molar refractivity (Wildman–Crippen MR) is 30.6 cm³/mol. The molecule has 0 N–H and O–H groups in total. The van der Waals surface area contributed by atoms with Gasteiger partial charge in [-0.05, 0) is 12.1 Å². The maximum Gasteiger partial charge on any atom is 0.0262 e. The summed E-state index contributed by atoms with van der Waals surface area (Å²) in [4.78, 5) is 2.89. The zero-order valence-electron chi connectivity index (χ0n) is 5.37. The van der Waals surface area contributed by atoms with Crippen LogP contribution in [0.5, 0.6) is 0 Å². The van der Waals surface area contributed by atoms with E-state index in [1.807, 2.05) is 11.8 Å². The van der Waals surface area contributed by atoms with E-state index in [0.717, 1.165) is 0 Å². The van der Waals surface area contributed by atoms with Crippen LogP contribution in [0.2, 0.25) is 0 Å². The van der Waals surface area contributed by atoms with Crippen molar-refractivity contribution >= 4 is 11.8 Å². The Balaban J connectivity index is -0.000000160. The van der Waals surface area contributed by atoms with Crippen LogP contribution in [-0.2, 0) is 65.8 Å².